The monoisotopic (exact) mass is 275 g/mol. The molecule has 110 valence electrons. The Labute approximate surface area is 121 Å². The lowest BCUT2D eigenvalue weighted by Crippen LogP contribution is -2.32. The van der Waals surface area contributed by atoms with E-state index in [-0.39, 0.29) is 11.5 Å². The molecule has 3 heteroatoms. The summed E-state index contributed by atoms with van der Waals surface area (Å²) in [5.74, 6) is 1.77. The van der Waals surface area contributed by atoms with Gasteiger partial charge in [0.15, 0.2) is 11.3 Å². The van der Waals surface area contributed by atoms with Crippen LogP contribution >= 0.6 is 0 Å². The lowest BCUT2D eigenvalue weighted by Gasteiger charge is -2.30. The molecule has 1 atom stereocenters. The van der Waals surface area contributed by atoms with Crippen molar-refractivity contribution in [1.29, 1.82) is 0 Å². The molecule has 20 heavy (non-hydrogen) atoms. The van der Waals surface area contributed by atoms with Crippen LogP contribution in [0.15, 0.2) is 28.7 Å². The lowest BCUT2D eigenvalue weighted by atomic mass is 9.85. The van der Waals surface area contributed by atoms with Crippen molar-refractivity contribution in [2.45, 2.75) is 40.2 Å². The highest BCUT2D eigenvalue weighted by atomic mass is 16.5. The van der Waals surface area contributed by atoms with E-state index in [9.17, 15) is 0 Å². The second-order valence-corrected chi connectivity index (χ2v) is 6.28. The van der Waals surface area contributed by atoms with Gasteiger partial charge in [-0.05, 0) is 30.5 Å². The fourth-order valence-corrected chi connectivity index (χ4v) is 2.48. The topological polar surface area (TPSA) is 34.4 Å². The van der Waals surface area contributed by atoms with Crippen LogP contribution in [0.1, 0.15) is 45.9 Å². The zero-order chi connectivity index (χ0) is 14.8. The summed E-state index contributed by atoms with van der Waals surface area (Å²) in [6.07, 6.45) is 1.11. The van der Waals surface area contributed by atoms with Crippen molar-refractivity contribution in [3.8, 4) is 5.75 Å². The Balaban J connectivity index is 2.43. The second kappa shape index (κ2) is 5.88. The molecular weight excluding hydrogens is 250 g/mol. The normalized spacial score (nSPS) is 13.7. The Morgan fingerprint density at radius 3 is 2.65 bits per heavy atom. The minimum Gasteiger partial charge on any atom is -0.493 e. The van der Waals surface area contributed by atoms with Crippen molar-refractivity contribution in [1.82, 2.24) is 5.32 Å². The Kier molecular flexibility index (Phi) is 4.39. The van der Waals surface area contributed by atoms with Crippen LogP contribution in [0.25, 0.3) is 11.0 Å². The van der Waals surface area contributed by atoms with E-state index in [0.717, 1.165) is 35.4 Å². The minimum absolute atomic E-state index is 0.0935. The maximum Gasteiger partial charge on any atom is 0.176 e. The Bertz CT molecular complexity index is 566. The Hall–Kier alpha value is -1.48. The van der Waals surface area contributed by atoms with Crippen LogP contribution < -0.4 is 10.1 Å². The Morgan fingerprint density at radius 2 is 2.05 bits per heavy atom. The van der Waals surface area contributed by atoms with Crippen molar-refractivity contribution >= 4 is 11.0 Å². The predicted octanol–water partition coefficient (Wildman–Crippen LogP) is 4.53. The molecule has 1 unspecified atom stereocenters. The van der Waals surface area contributed by atoms with Gasteiger partial charge in [0.25, 0.3) is 0 Å². The molecule has 0 radical (unpaired) electrons. The second-order valence-electron chi connectivity index (χ2n) is 6.28. The lowest BCUT2D eigenvalue weighted by molar-refractivity contribution is 0.241. The van der Waals surface area contributed by atoms with Gasteiger partial charge in [0.1, 0.15) is 5.76 Å². The molecule has 0 bridgehead atoms. The number of fused-ring (bicyclic) bond motifs is 1. The average molecular weight is 275 g/mol. The summed E-state index contributed by atoms with van der Waals surface area (Å²) in [6.45, 7) is 9.84. The van der Waals surface area contributed by atoms with Crippen LogP contribution in [0.3, 0.4) is 0 Å². The number of hydrogen-bond acceptors (Lipinski definition) is 3. The van der Waals surface area contributed by atoms with E-state index < -0.39 is 0 Å². The third-order valence-corrected chi connectivity index (χ3v) is 3.50. The van der Waals surface area contributed by atoms with Crippen molar-refractivity contribution in [2.75, 3.05) is 13.7 Å². The molecule has 2 rings (SSSR count). The highest BCUT2D eigenvalue weighted by Gasteiger charge is 2.29. The highest BCUT2D eigenvalue weighted by molar-refractivity contribution is 5.83. The van der Waals surface area contributed by atoms with Crippen molar-refractivity contribution in [3.63, 3.8) is 0 Å². The van der Waals surface area contributed by atoms with Crippen molar-refractivity contribution < 1.29 is 9.15 Å². The van der Waals surface area contributed by atoms with E-state index in [0.29, 0.717) is 0 Å². The van der Waals surface area contributed by atoms with Gasteiger partial charge in [0, 0.05) is 5.39 Å². The molecule has 0 saturated carbocycles. The number of rotatable bonds is 5. The first kappa shape index (κ1) is 14.9. The number of methoxy groups -OCH3 is 1. The van der Waals surface area contributed by atoms with E-state index in [1.54, 1.807) is 7.11 Å². The first-order valence-corrected chi connectivity index (χ1v) is 7.27. The molecule has 0 aliphatic carbocycles. The molecule has 0 saturated heterocycles. The molecule has 1 aromatic carbocycles. The smallest absolute Gasteiger partial charge is 0.176 e. The van der Waals surface area contributed by atoms with E-state index in [1.807, 2.05) is 12.1 Å². The minimum atomic E-state index is 0.0935. The van der Waals surface area contributed by atoms with Gasteiger partial charge < -0.3 is 14.5 Å². The van der Waals surface area contributed by atoms with Gasteiger partial charge in [-0.3, -0.25) is 0 Å². The van der Waals surface area contributed by atoms with Crippen LogP contribution in [-0.4, -0.2) is 13.7 Å². The number of nitrogens with one attached hydrogen (secondary N) is 1. The summed E-state index contributed by atoms with van der Waals surface area (Å²) < 4.78 is 11.5. The molecule has 0 aliphatic heterocycles. The molecule has 1 aromatic heterocycles. The number of benzene rings is 1. The first-order chi connectivity index (χ1) is 9.47. The van der Waals surface area contributed by atoms with Crippen molar-refractivity contribution in [3.05, 3.63) is 30.0 Å². The van der Waals surface area contributed by atoms with Gasteiger partial charge in [0.05, 0.1) is 13.2 Å². The maximum atomic E-state index is 6.09. The van der Waals surface area contributed by atoms with Gasteiger partial charge >= 0.3 is 0 Å². The number of furan rings is 1. The van der Waals surface area contributed by atoms with E-state index in [2.05, 4.69) is 45.1 Å². The maximum absolute atomic E-state index is 6.09. The van der Waals surface area contributed by atoms with Gasteiger partial charge in [0.2, 0.25) is 0 Å². The molecular formula is C17H25NO2. The average Bonchev–Trinajstić information content (AvgIpc) is 2.80. The molecule has 0 aliphatic rings. The fourth-order valence-electron chi connectivity index (χ4n) is 2.48. The van der Waals surface area contributed by atoms with Gasteiger partial charge in [-0.15, -0.1) is 0 Å². The van der Waals surface area contributed by atoms with E-state index in [4.69, 9.17) is 9.15 Å². The summed E-state index contributed by atoms with van der Waals surface area (Å²) >= 11 is 0. The molecule has 2 aromatic rings. The van der Waals surface area contributed by atoms with Crippen LogP contribution in [-0.2, 0) is 0 Å². The zero-order valence-electron chi connectivity index (χ0n) is 13.1. The third-order valence-electron chi connectivity index (χ3n) is 3.50. The largest absolute Gasteiger partial charge is 0.493 e. The summed E-state index contributed by atoms with van der Waals surface area (Å²) in [5.41, 5.74) is 0.925. The van der Waals surface area contributed by atoms with E-state index >= 15 is 0 Å². The summed E-state index contributed by atoms with van der Waals surface area (Å²) in [5, 5.41) is 4.68. The SMILES string of the molecule is CCCNC(c1cc2cccc(OC)c2o1)C(C)(C)C. The Morgan fingerprint density at radius 1 is 1.30 bits per heavy atom. The molecule has 0 amide bonds. The number of hydrogen-bond donors (Lipinski definition) is 1. The molecule has 0 fully saturated rings. The van der Waals surface area contributed by atoms with Crippen LogP contribution in [0, 0.1) is 5.41 Å². The van der Waals surface area contributed by atoms with E-state index in [1.165, 1.54) is 0 Å². The zero-order valence-corrected chi connectivity index (χ0v) is 13.1. The first-order valence-electron chi connectivity index (χ1n) is 7.27. The third kappa shape index (κ3) is 2.98. The molecule has 1 heterocycles. The van der Waals surface area contributed by atoms with Crippen molar-refractivity contribution in [2.24, 2.45) is 5.41 Å². The summed E-state index contributed by atoms with van der Waals surface area (Å²) in [7, 11) is 1.67. The van der Waals surface area contributed by atoms with Gasteiger partial charge in [-0.1, -0.05) is 39.8 Å². The molecule has 0 spiro atoms. The fraction of sp³-hybridized carbons (Fsp3) is 0.529. The standard InChI is InChI=1S/C17H25NO2/c1-6-10-18-16(17(2,3)4)14-11-12-8-7-9-13(19-5)15(12)20-14/h7-9,11,16,18H,6,10H2,1-5H3. The highest BCUT2D eigenvalue weighted by Crippen LogP contribution is 2.37. The van der Waals surface area contributed by atoms with Gasteiger partial charge in [-0.2, -0.15) is 0 Å². The molecule has 3 nitrogen and oxygen atoms in total. The quantitative estimate of drug-likeness (QED) is 0.870. The summed E-state index contributed by atoms with van der Waals surface area (Å²) in [4.78, 5) is 0. The van der Waals surface area contributed by atoms with Crippen LogP contribution in [0.2, 0.25) is 0 Å². The molecule has 1 N–H and O–H groups in total. The predicted molar refractivity (Wildman–Crippen MR) is 83.3 cm³/mol. The van der Waals surface area contributed by atoms with Gasteiger partial charge in [-0.25, -0.2) is 0 Å². The number of para-hydroxylation sites is 1. The van der Waals surface area contributed by atoms with Crippen LogP contribution in [0.5, 0.6) is 5.75 Å². The number of ether oxygens (including phenoxy) is 1. The summed E-state index contributed by atoms with van der Waals surface area (Å²) in [6, 6.07) is 8.30. The van der Waals surface area contributed by atoms with Crippen LogP contribution in [0.4, 0.5) is 0 Å².